The van der Waals surface area contributed by atoms with Crippen molar-refractivity contribution in [3.63, 3.8) is 0 Å². The molecule has 0 bridgehead atoms. The molecule has 13 heavy (non-hydrogen) atoms. The third-order valence-electron chi connectivity index (χ3n) is 1.65. The molecular weight excluding hydrogens is 182 g/mol. The summed E-state index contributed by atoms with van der Waals surface area (Å²) in [5, 5.41) is 8.81. The molecule has 66 valence electrons. The first-order valence-corrected chi connectivity index (χ1v) is 4.93. The van der Waals surface area contributed by atoms with E-state index in [9.17, 15) is 0 Å². The summed E-state index contributed by atoms with van der Waals surface area (Å²) in [6.45, 7) is 0. The molecule has 0 spiro atoms. The molecule has 3 nitrogen and oxygen atoms in total. The van der Waals surface area contributed by atoms with E-state index < -0.39 is 0 Å². The van der Waals surface area contributed by atoms with Gasteiger partial charge < -0.3 is 5.73 Å². The zero-order chi connectivity index (χ0) is 9.10. The van der Waals surface area contributed by atoms with Gasteiger partial charge in [-0.2, -0.15) is 0 Å². The highest BCUT2D eigenvalue weighted by molar-refractivity contribution is 8.15. The van der Waals surface area contributed by atoms with Crippen molar-refractivity contribution in [1.82, 2.24) is 0 Å². The van der Waals surface area contributed by atoms with Crippen LogP contribution < -0.4 is 5.73 Å². The molecule has 1 aliphatic rings. The highest BCUT2D eigenvalue weighted by atomic mass is 32.2. The maximum Gasteiger partial charge on any atom is 0.132 e. The maximum absolute atomic E-state index is 5.50. The lowest BCUT2D eigenvalue weighted by atomic mass is 10.2. The third-order valence-corrected chi connectivity index (χ3v) is 2.68. The van der Waals surface area contributed by atoms with E-state index in [2.05, 4.69) is 10.2 Å². The van der Waals surface area contributed by atoms with Gasteiger partial charge in [-0.15, -0.1) is 10.2 Å². The Hall–Kier alpha value is -1.29. The molecule has 0 fully saturated rings. The van der Waals surface area contributed by atoms with Crippen molar-refractivity contribution >= 4 is 22.6 Å². The van der Waals surface area contributed by atoms with Gasteiger partial charge in [-0.05, 0) is 0 Å². The van der Waals surface area contributed by atoms with Crippen molar-refractivity contribution in [2.45, 2.75) is 0 Å². The lowest BCUT2D eigenvalue weighted by Crippen LogP contribution is -2.18. The molecule has 2 N–H and O–H groups in total. The van der Waals surface area contributed by atoms with Gasteiger partial charge in [0.15, 0.2) is 0 Å². The van der Waals surface area contributed by atoms with Gasteiger partial charge in [0.05, 0.1) is 5.75 Å². The van der Waals surface area contributed by atoms with Crippen LogP contribution in [0, 0.1) is 0 Å². The van der Waals surface area contributed by atoms with Crippen LogP contribution in [0.3, 0.4) is 0 Å². The van der Waals surface area contributed by atoms with E-state index in [1.54, 1.807) is 11.8 Å². The van der Waals surface area contributed by atoms with Gasteiger partial charge >= 0.3 is 0 Å². The first kappa shape index (κ1) is 8.31. The fourth-order valence-electron chi connectivity index (χ4n) is 1.03. The summed E-state index contributed by atoms with van der Waals surface area (Å²) in [6, 6.07) is 9.99. The lowest BCUT2D eigenvalue weighted by molar-refractivity contribution is 1.22. The fraction of sp³-hybridized carbons (Fsp3) is 0.111. The highest BCUT2D eigenvalue weighted by Crippen LogP contribution is 2.16. The van der Waals surface area contributed by atoms with Crippen LogP contribution in [0.15, 0.2) is 40.5 Å². The SMILES string of the molecule is NC1=NN=C(c2ccccc2)SC1. The van der Waals surface area contributed by atoms with E-state index >= 15 is 0 Å². The molecule has 0 saturated heterocycles. The molecule has 4 heteroatoms. The van der Waals surface area contributed by atoms with Crippen molar-refractivity contribution in [2.24, 2.45) is 15.9 Å². The Labute approximate surface area is 80.7 Å². The van der Waals surface area contributed by atoms with Crippen LogP contribution in [-0.2, 0) is 0 Å². The zero-order valence-corrected chi connectivity index (χ0v) is 7.79. The normalized spacial score (nSPS) is 16.3. The second kappa shape index (κ2) is 3.62. The minimum atomic E-state index is 0.588. The number of nitrogens with zero attached hydrogens (tertiary/aromatic N) is 2. The Morgan fingerprint density at radius 2 is 1.92 bits per heavy atom. The number of thioether (sulfide) groups is 1. The second-order valence-electron chi connectivity index (χ2n) is 2.65. The summed E-state index contributed by atoms with van der Waals surface area (Å²) in [4.78, 5) is 0. The lowest BCUT2D eigenvalue weighted by Gasteiger charge is -2.08. The van der Waals surface area contributed by atoms with Crippen LogP contribution in [0.1, 0.15) is 5.56 Å². The van der Waals surface area contributed by atoms with Crippen molar-refractivity contribution in [2.75, 3.05) is 5.75 Å². The molecule has 1 heterocycles. The van der Waals surface area contributed by atoms with Gasteiger partial charge in [0, 0.05) is 5.56 Å². The largest absolute Gasteiger partial charge is 0.385 e. The summed E-state index contributed by atoms with van der Waals surface area (Å²) < 4.78 is 0. The Balaban J connectivity index is 2.29. The number of amidine groups is 1. The van der Waals surface area contributed by atoms with Crippen LogP contribution in [0.25, 0.3) is 0 Å². The number of hydrogen-bond acceptors (Lipinski definition) is 4. The third kappa shape index (κ3) is 1.89. The van der Waals surface area contributed by atoms with E-state index in [1.807, 2.05) is 30.3 Å². The first-order chi connectivity index (χ1) is 6.36. The number of nitrogens with two attached hydrogens (primary N) is 1. The van der Waals surface area contributed by atoms with Crippen LogP contribution in [0.4, 0.5) is 0 Å². The van der Waals surface area contributed by atoms with Crippen molar-refractivity contribution < 1.29 is 0 Å². The monoisotopic (exact) mass is 191 g/mol. The molecule has 0 aliphatic carbocycles. The number of rotatable bonds is 1. The number of hydrogen-bond donors (Lipinski definition) is 1. The minimum Gasteiger partial charge on any atom is -0.385 e. The minimum absolute atomic E-state index is 0.588. The summed E-state index contributed by atoms with van der Waals surface area (Å²) in [5.41, 5.74) is 6.60. The van der Waals surface area contributed by atoms with Crippen LogP contribution in [0.2, 0.25) is 0 Å². The molecule has 1 aliphatic heterocycles. The van der Waals surface area contributed by atoms with Crippen molar-refractivity contribution in [3.05, 3.63) is 35.9 Å². The molecule has 0 aromatic heterocycles. The molecule has 0 amide bonds. The molecule has 0 saturated carbocycles. The second-order valence-corrected chi connectivity index (χ2v) is 3.62. The standard InChI is InChI=1S/C9H9N3S/c10-8-6-13-9(12-11-8)7-4-2-1-3-5-7/h1-5H,6H2,(H2,10,11). The average molecular weight is 191 g/mol. The van der Waals surface area contributed by atoms with Gasteiger partial charge in [-0.1, -0.05) is 42.1 Å². The van der Waals surface area contributed by atoms with E-state index in [0.29, 0.717) is 5.84 Å². The molecule has 1 aromatic rings. The van der Waals surface area contributed by atoms with Gasteiger partial charge in [0.2, 0.25) is 0 Å². The van der Waals surface area contributed by atoms with Crippen molar-refractivity contribution in [3.8, 4) is 0 Å². The summed E-state index contributed by atoms with van der Waals surface area (Å²) in [5.74, 6) is 1.32. The van der Waals surface area contributed by atoms with E-state index in [0.717, 1.165) is 16.4 Å². The first-order valence-electron chi connectivity index (χ1n) is 3.94. The Bertz CT molecular complexity index is 356. The zero-order valence-electron chi connectivity index (χ0n) is 6.97. The van der Waals surface area contributed by atoms with E-state index in [-0.39, 0.29) is 0 Å². The van der Waals surface area contributed by atoms with E-state index in [1.165, 1.54) is 0 Å². The molecule has 0 atom stereocenters. The molecular formula is C9H9N3S. The maximum atomic E-state index is 5.50. The quantitative estimate of drug-likeness (QED) is 0.730. The highest BCUT2D eigenvalue weighted by Gasteiger charge is 2.08. The molecule has 0 unspecified atom stereocenters. The van der Waals surface area contributed by atoms with Gasteiger partial charge in [-0.3, -0.25) is 0 Å². The summed E-state index contributed by atoms with van der Waals surface area (Å²) in [7, 11) is 0. The average Bonchev–Trinajstić information content (AvgIpc) is 2.20. The van der Waals surface area contributed by atoms with Crippen LogP contribution in [0.5, 0.6) is 0 Å². The smallest absolute Gasteiger partial charge is 0.132 e. The summed E-state index contributed by atoms with van der Waals surface area (Å²) in [6.07, 6.45) is 0. The van der Waals surface area contributed by atoms with Crippen molar-refractivity contribution in [1.29, 1.82) is 0 Å². The molecule has 2 rings (SSSR count). The van der Waals surface area contributed by atoms with Gasteiger partial charge in [0.1, 0.15) is 10.9 Å². The van der Waals surface area contributed by atoms with Crippen LogP contribution >= 0.6 is 11.8 Å². The topological polar surface area (TPSA) is 50.7 Å². The Morgan fingerprint density at radius 3 is 2.54 bits per heavy atom. The predicted molar refractivity (Wildman–Crippen MR) is 57.1 cm³/mol. The van der Waals surface area contributed by atoms with Gasteiger partial charge in [-0.25, -0.2) is 0 Å². The van der Waals surface area contributed by atoms with Crippen LogP contribution in [-0.4, -0.2) is 16.6 Å². The Morgan fingerprint density at radius 1 is 1.15 bits per heavy atom. The summed E-state index contributed by atoms with van der Waals surface area (Å²) >= 11 is 1.62. The molecule has 0 radical (unpaired) electrons. The molecule has 1 aromatic carbocycles. The van der Waals surface area contributed by atoms with Gasteiger partial charge in [0.25, 0.3) is 0 Å². The van der Waals surface area contributed by atoms with E-state index in [4.69, 9.17) is 5.73 Å². The predicted octanol–water partition coefficient (Wildman–Crippen LogP) is 1.45. The number of benzene rings is 1. The Kier molecular flexibility index (Phi) is 2.31. The fourth-order valence-corrected chi connectivity index (χ4v) is 1.78.